The first-order valence-corrected chi connectivity index (χ1v) is 6.93. The lowest BCUT2D eigenvalue weighted by molar-refractivity contribution is 0.0582. The number of aliphatic hydroxyl groups excluding tert-OH is 2. The molecule has 0 aliphatic rings. The minimum absolute atomic E-state index is 0.223. The molecule has 20 heavy (non-hydrogen) atoms. The molecule has 1 aromatic rings. The molecule has 0 heterocycles. The molecule has 2 atom stereocenters. The molecule has 3 N–H and O–H groups in total. The fourth-order valence-corrected chi connectivity index (χ4v) is 1.77. The second-order valence-electron chi connectivity index (χ2n) is 4.73. The third-order valence-corrected chi connectivity index (χ3v) is 2.87. The van der Waals surface area contributed by atoms with Gasteiger partial charge in [0.25, 0.3) is 0 Å². The summed E-state index contributed by atoms with van der Waals surface area (Å²) in [6.45, 7) is 3.34. The van der Waals surface area contributed by atoms with E-state index in [4.69, 9.17) is 9.47 Å². The smallest absolute Gasteiger partial charge is 0.119 e. The van der Waals surface area contributed by atoms with E-state index in [1.165, 1.54) is 12.7 Å². The number of aliphatic hydroxyl groups is 2. The van der Waals surface area contributed by atoms with E-state index in [1.54, 1.807) is 0 Å². The Morgan fingerprint density at radius 1 is 1.15 bits per heavy atom. The lowest BCUT2D eigenvalue weighted by Crippen LogP contribution is -2.37. The van der Waals surface area contributed by atoms with Crippen molar-refractivity contribution in [2.24, 2.45) is 0 Å². The van der Waals surface area contributed by atoms with Crippen molar-refractivity contribution in [2.45, 2.75) is 25.6 Å². The minimum atomic E-state index is -0.616. The highest BCUT2D eigenvalue weighted by Gasteiger charge is 2.07. The van der Waals surface area contributed by atoms with Crippen LogP contribution in [0.1, 0.15) is 12.5 Å². The fraction of sp³-hybridized carbons (Fsp3) is 0.600. The Morgan fingerprint density at radius 2 is 1.85 bits per heavy atom. The molecule has 0 amide bonds. The molecule has 0 aliphatic carbocycles. The second kappa shape index (κ2) is 9.72. The summed E-state index contributed by atoms with van der Waals surface area (Å²) in [4.78, 5) is 0. The van der Waals surface area contributed by atoms with Crippen molar-refractivity contribution in [3.8, 4) is 5.75 Å². The van der Waals surface area contributed by atoms with Gasteiger partial charge in [-0.1, -0.05) is 19.1 Å². The van der Waals surface area contributed by atoms with E-state index in [0.717, 1.165) is 12.2 Å². The van der Waals surface area contributed by atoms with Crippen LogP contribution in [0.3, 0.4) is 0 Å². The van der Waals surface area contributed by atoms with Gasteiger partial charge in [-0.15, -0.1) is 0 Å². The number of methoxy groups -OCH3 is 1. The summed E-state index contributed by atoms with van der Waals surface area (Å²) in [7, 11) is 1.54. The van der Waals surface area contributed by atoms with Crippen LogP contribution in [0.5, 0.6) is 5.75 Å². The Labute approximate surface area is 120 Å². The van der Waals surface area contributed by atoms with E-state index in [0.29, 0.717) is 13.1 Å². The molecule has 1 rings (SSSR count). The summed E-state index contributed by atoms with van der Waals surface area (Å²) < 4.78 is 10.3. The maximum atomic E-state index is 9.78. The van der Waals surface area contributed by atoms with Gasteiger partial charge in [0.2, 0.25) is 0 Å². The second-order valence-corrected chi connectivity index (χ2v) is 4.73. The van der Waals surface area contributed by atoms with Gasteiger partial charge in [0.15, 0.2) is 0 Å². The summed E-state index contributed by atoms with van der Waals surface area (Å²) in [6.07, 6.45) is -0.219. The highest BCUT2D eigenvalue weighted by atomic mass is 16.5. The van der Waals surface area contributed by atoms with Crippen molar-refractivity contribution in [2.75, 3.05) is 33.4 Å². The molecular formula is C15H25NO4. The first-order valence-electron chi connectivity index (χ1n) is 6.93. The third-order valence-electron chi connectivity index (χ3n) is 2.87. The molecule has 0 radical (unpaired) electrons. The molecule has 114 valence electrons. The number of nitrogens with one attached hydrogen (secondary N) is 1. The summed E-state index contributed by atoms with van der Waals surface area (Å²) in [5.41, 5.74) is 1.21. The Bertz CT molecular complexity index is 373. The van der Waals surface area contributed by atoms with Gasteiger partial charge in [0, 0.05) is 20.2 Å². The van der Waals surface area contributed by atoms with Crippen LogP contribution in [-0.2, 0) is 11.2 Å². The van der Waals surface area contributed by atoms with E-state index in [-0.39, 0.29) is 13.2 Å². The van der Waals surface area contributed by atoms with Gasteiger partial charge in [-0.25, -0.2) is 0 Å². The molecule has 0 saturated carbocycles. The van der Waals surface area contributed by atoms with E-state index in [9.17, 15) is 10.2 Å². The number of hydrogen-bond acceptors (Lipinski definition) is 5. The lowest BCUT2D eigenvalue weighted by Gasteiger charge is -2.15. The third kappa shape index (κ3) is 6.86. The first-order chi connectivity index (χ1) is 9.65. The quantitative estimate of drug-likeness (QED) is 0.586. The molecule has 5 heteroatoms. The fourth-order valence-electron chi connectivity index (χ4n) is 1.77. The normalized spacial score (nSPS) is 14.0. The van der Waals surface area contributed by atoms with E-state index in [2.05, 4.69) is 12.2 Å². The van der Waals surface area contributed by atoms with Crippen LogP contribution < -0.4 is 10.1 Å². The van der Waals surface area contributed by atoms with E-state index >= 15 is 0 Å². The van der Waals surface area contributed by atoms with Crippen LogP contribution >= 0.6 is 0 Å². The van der Waals surface area contributed by atoms with Crippen LogP contribution in [0.2, 0.25) is 0 Å². The highest BCUT2D eigenvalue weighted by molar-refractivity contribution is 5.28. The summed E-state index contributed by atoms with van der Waals surface area (Å²) >= 11 is 0. The molecule has 0 saturated heterocycles. The van der Waals surface area contributed by atoms with Gasteiger partial charge in [0.05, 0.1) is 12.7 Å². The molecule has 0 spiro atoms. The summed E-state index contributed by atoms with van der Waals surface area (Å²) in [5.74, 6) is 0.766. The minimum Gasteiger partial charge on any atom is -0.491 e. The van der Waals surface area contributed by atoms with Crippen molar-refractivity contribution in [1.82, 2.24) is 5.32 Å². The number of benzene rings is 1. The van der Waals surface area contributed by atoms with Crippen molar-refractivity contribution in [1.29, 1.82) is 0 Å². The van der Waals surface area contributed by atoms with Gasteiger partial charge in [0.1, 0.15) is 18.5 Å². The molecule has 0 bridgehead atoms. The van der Waals surface area contributed by atoms with Crippen LogP contribution in [-0.4, -0.2) is 55.8 Å². The Balaban J connectivity index is 2.20. The van der Waals surface area contributed by atoms with E-state index in [1.807, 2.05) is 24.3 Å². The van der Waals surface area contributed by atoms with Crippen molar-refractivity contribution >= 4 is 0 Å². The molecule has 0 aromatic heterocycles. The number of aryl methyl sites for hydroxylation is 1. The van der Waals surface area contributed by atoms with Gasteiger partial charge < -0.3 is 25.0 Å². The molecule has 1 aromatic carbocycles. The first kappa shape index (κ1) is 16.9. The van der Waals surface area contributed by atoms with E-state index < -0.39 is 12.2 Å². The zero-order valence-electron chi connectivity index (χ0n) is 12.2. The SMILES string of the molecule is CCc1cccc(OCC(O)CNCC(O)COC)c1. The van der Waals surface area contributed by atoms with Crippen molar-refractivity contribution in [3.05, 3.63) is 29.8 Å². The van der Waals surface area contributed by atoms with Crippen LogP contribution in [0.25, 0.3) is 0 Å². The average molecular weight is 283 g/mol. The predicted octanol–water partition coefficient (Wildman–Crippen LogP) is 0.586. The van der Waals surface area contributed by atoms with Crippen molar-refractivity contribution in [3.63, 3.8) is 0 Å². The van der Waals surface area contributed by atoms with Gasteiger partial charge in [-0.05, 0) is 24.1 Å². The highest BCUT2D eigenvalue weighted by Crippen LogP contribution is 2.13. The molecule has 5 nitrogen and oxygen atoms in total. The Hall–Kier alpha value is -1.14. The zero-order chi connectivity index (χ0) is 14.8. The van der Waals surface area contributed by atoms with Crippen LogP contribution in [0.15, 0.2) is 24.3 Å². The zero-order valence-corrected chi connectivity index (χ0v) is 12.2. The number of rotatable bonds is 10. The largest absolute Gasteiger partial charge is 0.491 e. The summed E-state index contributed by atoms with van der Waals surface area (Å²) in [6, 6.07) is 7.84. The standard InChI is InChI=1S/C15H25NO4/c1-3-12-5-4-6-15(7-12)20-11-14(18)9-16-8-13(17)10-19-2/h4-7,13-14,16-18H,3,8-11H2,1-2H3. The maximum absolute atomic E-state index is 9.78. The van der Waals surface area contributed by atoms with Crippen LogP contribution in [0, 0.1) is 0 Å². The van der Waals surface area contributed by atoms with Gasteiger partial charge >= 0.3 is 0 Å². The summed E-state index contributed by atoms with van der Waals surface area (Å²) in [5, 5.41) is 22.2. The molecular weight excluding hydrogens is 258 g/mol. The monoisotopic (exact) mass is 283 g/mol. The number of ether oxygens (including phenoxy) is 2. The van der Waals surface area contributed by atoms with Crippen LogP contribution in [0.4, 0.5) is 0 Å². The number of hydrogen-bond donors (Lipinski definition) is 3. The molecule has 0 aliphatic heterocycles. The van der Waals surface area contributed by atoms with Crippen molar-refractivity contribution < 1.29 is 19.7 Å². The molecule has 2 unspecified atom stereocenters. The topological polar surface area (TPSA) is 71.0 Å². The van der Waals surface area contributed by atoms with Gasteiger partial charge in [-0.2, -0.15) is 0 Å². The average Bonchev–Trinajstić information content (AvgIpc) is 2.45. The lowest BCUT2D eigenvalue weighted by atomic mass is 10.2. The Morgan fingerprint density at radius 3 is 2.50 bits per heavy atom. The maximum Gasteiger partial charge on any atom is 0.119 e. The van der Waals surface area contributed by atoms with Gasteiger partial charge in [-0.3, -0.25) is 0 Å². The predicted molar refractivity (Wildman–Crippen MR) is 78.1 cm³/mol. The Kier molecular flexibility index (Phi) is 8.22. The molecule has 0 fully saturated rings.